The third-order valence-electron chi connectivity index (χ3n) is 3.79. The Balaban J connectivity index is 2.19. The number of benzene rings is 1. The second kappa shape index (κ2) is 6.90. The summed E-state index contributed by atoms with van der Waals surface area (Å²) in [6, 6.07) is 7.77. The van der Waals surface area contributed by atoms with Crippen molar-refractivity contribution in [3.8, 4) is 0 Å². The summed E-state index contributed by atoms with van der Waals surface area (Å²) in [7, 11) is -1.45. The number of hydrogen-bond acceptors (Lipinski definition) is 3. The fourth-order valence-corrected chi connectivity index (χ4v) is 4.11. The SMILES string of the molecule is CNC(Cc1ccccc1S(=O)(=O)NC1CC1)CC(C)C. The Kier molecular flexibility index (Phi) is 5.41. The summed E-state index contributed by atoms with van der Waals surface area (Å²) in [5.41, 5.74) is 0.894. The third kappa shape index (κ3) is 4.80. The lowest BCUT2D eigenvalue weighted by molar-refractivity contribution is 0.439. The molecule has 2 rings (SSSR count). The Morgan fingerprint density at radius 1 is 1.24 bits per heavy atom. The van der Waals surface area contributed by atoms with E-state index < -0.39 is 10.0 Å². The Morgan fingerprint density at radius 2 is 1.90 bits per heavy atom. The first-order valence-electron chi connectivity index (χ1n) is 7.70. The van der Waals surface area contributed by atoms with Crippen molar-refractivity contribution in [3.05, 3.63) is 29.8 Å². The summed E-state index contributed by atoms with van der Waals surface area (Å²) in [5, 5.41) is 3.30. The van der Waals surface area contributed by atoms with Crippen molar-refractivity contribution in [2.45, 2.75) is 56.5 Å². The molecule has 1 aliphatic rings. The normalized spacial score (nSPS) is 17.1. The lowest BCUT2D eigenvalue weighted by atomic mass is 9.97. The minimum absolute atomic E-state index is 0.138. The van der Waals surface area contributed by atoms with Gasteiger partial charge in [0, 0.05) is 12.1 Å². The van der Waals surface area contributed by atoms with Crippen LogP contribution >= 0.6 is 0 Å². The minimum atomic E-state index is -3.39. The van der Waals surface area contributed by atoms with Crippen molar-refractivity contribution in [3.63, 3.8) is 0 Å². The number of hydrogen-bond donors (Lipinski definition) is 2. The van der Waals surface area contributed by atoms with Gasteiger partial charge in [-0.2, -0.15) is 0 Å². The first-order chi connectivity index (χ1) is 9.92. The molecule has 0 aromatic heterocycles. The van der Waals surface area contributed by atoms with E-state index >= 15 is 0 Å². The molecule has 4 nitrogen and oxygen atoms in total. The van der Waals surface area contributed by atoms with E-state index in [0.717, 1.165) is 31.2 Å². The summed E-state index contributed by atoms with van der Waals surface area (Å²) in [4.78, 5) is 0.431. The van der Waals surface area contributed by atoms with Gasteiger partial charge in [0.05, 0.1) is 4.90 Å². The maximum atomic E-state index is 12.5. The van der Waals surface area contributed by atoms with Crippen LogP contribution < -0.4 is 10.0 Å². The number of nitrogens with one attached hydrogen (secondary N) is 2. The van der Waals surface area contributed by atoms with Crippen molar-refractivity contribution in [1.29, 1.82) is 0 Å². The number of sulfonamides is 1. The largest absolute Gasteiger partial charge is 0.317 e. The maximum Gasteiger partial charge on any atom is 0.241 e. The molecule has 1 aromatic rings. The molecule has 0 saturated heterocycles. The third-order valence-corrected chi connectivity index (χ3v) is 5.41. The van der Waals surface area contributed by atoms with Gasteiger partial charge in [0.2, 0.25) is 10.0 Å². The van der Waals surface area contributed by atoms with Crippen LogP contribution in [0.15, 0.2) is 29.2 Å². The molecule has 0 heterocycles. The molecule has 1 atom stereocenters. The molecule has 118 valence electrons. The van der Waals surface area contributed by atoms with Gasteiger partial charge < -0.3 is 5.32 Å². The summed E-state index contributed by atoms with van der Waals surface area (Å²) in [6.07, 6.45) is 3.67. The van der Waals surface area contributed by atoms with E-state index in [-0.39, 0.29) is 6.04 Å². The fraction of sp³-hybridized carbons (Fsp3) is 0.625. The zero-order chi connectivity index (χ0) is 15.5. The smallest absolute Gasteiger partial charge is 0.241 e. The second-order valence-corrected chi connectivity index (χ2v) is 8.00. The molecular weight excluding hydrogens is 284 g/mol. The molecule has 1 unspecified atom stereocenters. The van der Waals surface area contributed by atoms with Crippen LogP contribution in [-0.4, -0.2) is 27.5 Å². The van der Waals surface area contributed by atoms with Gasteiger partial charge in [-0.05, 0) is 50.3 Å². The average Bonchev–Trinajstić information content (AvgIpc) is 3.21. The molecule has 2 N–H and O–H groups in total. The van der Waals surface area contributed by atoms with E-state index in [1.54, 1.807) is 12.1 Å². The summed E-state index contributed by atoms with van der Waals surface area (Å²) in [5.74, 6) is 0.579. The first-order valence-corrected chi connectivity index (χ1v) is 9.18. The quantitative estimate of drug-likeness (QED) is 0.774. The van der Waals surface area contributed by atoms with Gasteiger partial charge in [-0.25, -0.2) is 13.1 Å². The van der Waals surface area contributed by atoms with Gasteiger partial charge >= 0.3 is 0 Å². The zero-order valence-corrected chi connectivity index (χ0v) is 13.9. The van der Waals surface area contributed by atoms with Crippen LogP contribution in [-0.2, 0) is 16.4 Å². The summed E-state index contributed by atoms with van der Waals surface area (Å²) in [6.45, 7) is 4.36. The van der Waals surface area contributed by atoms with E-state index in [0.29, 0.717) is 16.9 Å². The molecular formula is C16H26N2O2S. The summed E-state index contributed by atoms with van der Waals surface area (Å²) >= 11 is 0. The zero-order valence-electron chi connectivity index (χ0n) is 13.1. The van der Waals surface area contributed by atoms with Crippen molar-refractivity contribution >= 4 is 10.0 Å². The lowest BCUT2D eigenvalue weighted by Crippen LogP contribution is -2.31. The van der Waals surface area contributed by atoms with Crippen LogP contribution in [0.2, 0.25) is 0 Å². The molecule has 1 saturated carbocycles. The van der Waals surface area contributed by atoms with Gasteiger partial charge in [0.25, 0.3) is 0 Å². The van der Waals surface area contributed by atoms with Crippen molar-refractivity contribution < 1.29 is 8.42 Å². The predicted octanol–water partition coefficient (Wildman–Crippen LogP) is 2.30. The van der Waals surface area contributed by atoms with Crippen LogP contribution in [0.4, 0.5) is 0 Å². The van der Waals surface area contributed by atoms with Crippen LogP contribution in [0.25, 0.3) is 0 Å². The summed E-state index contributed by atoms with van der Waals surface area (Å²) < 4.78 is 27.7. The van der Waals surface area contributed by atoms with Gasteiger partial charge in [-0.3, -0.25) is 0 Å². The van der Waals surface area contributed by atoms with Gasteiger partial charge in [0.1, 0.15) is 0 Å². The molecule has 1 aliphatic carbocycles. The Morgan fingerprint density at radius 3 is 2.48 bits per heavy atom. The molecule has 1 aromatic carbocycles. The van der Waals surface area contributed by atoms with E-state index in [1.165, 1.54) is 0 Å². The van der Waals surface area contributed by atoms with Crippen molar-refractivity contribution in [2.24, 2.45) is 5.92 Å². The van der Waals surface area contributed by atoms with E-state index in [9.17, 15) is 8.42 Å². The van der Waals surface area contributed by atoms with Crippen molar-refractivity contribution in [2.75, 3.05) is 7.05 Å². The lowest BCUT2D eigenvalue weighted by Gasteiger charge is -2.20. The van der Waals surface area contributed by atoms with Gasteiger partial charge in [-0.1, -0.05) is 32.0 Å². The Hall–Kier alpha value is -0.910. The van der Waals surface area contributed by atoms with Crippen LogP contribution in [0, 0.1) is 5.92 Å². The molecule has 5 heteroatoms. The van der Waals surface area contributed by atoms with Crippen molar-refractivity contribution in [1.82, 2.24) is 10.0 Å². The van der Waals surface area contributed by atoms with E-state index in [4.69, 9.17) is 0 Å². The fourth-order valence-electron chi connectivity index (χ4n) is 2.56. The highest BCUT2D eigenvalue weighted by Gasteiger charge is 2.29. The Bertz CT molecular complexity index is 565. The molecule has 1 fully saturated rings. The average molecular weight is 310 g/mol. The van der Waals surface area contributed by atoms with Crippen LogP contribution in [0.3, 0.4) is 0 Å². The number of likely N-dealkylation sites (N-methyl/N-ethyl adjacent to an activating group) is 1. The highest BCUT2D eigenvalue weighted by atomic mass is 32.2. The molecule has 21 heavy (non-hydrogen) atoms. The maximum absolute atomic E-state index is 12.5. The second-order valence-electron chi connectivity index (χ2n) is 6.32. The van der Waals surface area contributed by atoms with Gasteiger partial charge in [0.15, 0.2) is 0 Å². The number of rotatable bonds is 8. The monoisotopic (exact) mass is 310 g/mol. The molecule has 0 radical (unpaired) electrons. The van der Waals surface area contributed by atoms with Gasteiger partial charge in [-0.15, -0.1) is 0 Å². The van der Waals surface area contributed by atoms with Crippen LogP contribution in [0.5, 0.6) is 0 Å². The first kappa shape index (κ1) is 16.5. The Labute approximate surface area is 128 Å². The van der Waals surface area contributed by atoms with E-state index in [1.807, 2.05) is 19.2 Å². The topological polar surface area (TPSA) is 58.2 Å². The molecule has 0 spiro atoms. The highest BCUT2D eigenvalue weighted by Crippen LogP contribution is 2.24. The molecule has 0 amide bonds. The van der Waals surface area contributed by atoms with E-state index in [2.05, 4.69) is 23.9 Å². The highest BCUT2D eigenvalue weighted by molar-refractivity contribution is 7.89. The molecule has 0 bridgehead atoms. The van der Waals surface area contributed by atoms with Crippen LogP contribution in [0.1, 0.15) is 38.7 Å². The minimum Gasteiger partial charge on any atom is -0.317 e. The standard InChI is InChI=1S/C16H26N2O2S/c1-12(2)10-15(17-3)11-13-6-4-5-7-16(13)21(19,20)18-14-8-9-14/h4-7,12,14-15,17-18H,8-11H2,1-3H3. The predicted molar refractivity (Wildman–Crippen MR) is 85.8 cm³/mol. The molecule has 0 aliphatic heterocycles.